The molecule has 0 atom stereocenters. The Labute approximate surface area is 161 Å². The van der Waals surface area contributed by atoms with Crippen molar-refractivity contribution in [2.75, 3.05) is 17.2 Å². The average Bonchev–Trinajstić information content (AvgIpc) is 2.68. The van der Waals surface area contributed by atoms with Crippen molar-refractivity contribution < 1.29 is 14.3 Å². The molecule has 136 valence electrons. The van der Waals surface area contributed by atoms with Crippen molar-refractivity contribution in [1.82, 2.24) is 0 Å². The number of rotatable bonds is 6. The smallest absolute Gasteiger partial charge is 0.262 e. The standard InChI is InChI=1S/C21H17ClN2O3/c22-18-11-4-5-12-19(18)27-14-20(25)23-16-9-6-10-17(13-16)24-21(26)15-7-2-1-3-8-15/h1-13H,14H2,(H,23,25)(H,24,26). The SMILES string of the molecule is O=C(COc1ccccc1Cl)Nc1cccc(NC(=O)c2ccccc2)c1. The normalized spacial score (nSPS) is 10.1. The van der Waals surface area contributed by atoms with E-state index in [-0.39, 0.29) is 18.4 Å². The predicted molar refractivity (Wildman–Crippen MR) is 106 cm³/mol. The van der Waals surface area contributed by atoms with E-state index in [1.54, 1.807) is 72.8 Å². The van der Waals surface area contributed by atoms with Crippen molar-refractivity contribution >= 4 is 34.8 Å². The molecule has 2 amide bonds. The second-order valence-corrected chi connectivity index (χ2v) is 6.08. The summed E-state index contributed by atoms with van der Waals surface area (Å²) in [4.78, 5) is 24.3. The number of amides is 2. The van der Waals surface area contributed by atoms with Crippen LogP contribution in [0.15, 0.2) is 78.9 Å². The second kappa shape index (κ2) is 8.87. The molecule has 5 nitrogen and oxygen atoms in total. The van der Waals surface area contributed by atoms with E-state index in [1.807, 2.05) is 6.07 Å². The van der Waals surface area contributed by atoms with Gasteiger partial charge < -0.3 is 15.4 Å². The highest BCUT2D eigenvalue weighted by Gasteiger charge is 2.08. The Bertz CT molecular complexity index is 945. The topological polar surface area (TPSA) is 67.4 Å². The summed E-state index contributed by atoms with van der Waals surface area (Å²) in [5, 5.41) is 5.97. The van der Waals surface area contributed by atoms with Crippen LogP contribution in [0, 0.1) is 0 Å². The van der Waals surface area contributed by atoms with E-state index in [4.69, 9.17) is 16.3 Å². The molecule has 0 aliphatic carbocycles. The minimum Gasteiger partial charge on any atom is -0.482 e. The Morgan fingerprint density at radius 3 is 2.22 bits per heavy atom. The molecule has 3 aromatic rings. The zero-order chi connectivity index (χ0) is 19.1. The van der Waals surface area contributed by atoms with Crippen LogP contribution in [0.3, 0.4) is 0 Å². The van der Waals surface area contributed by atoms with Crippen LogP contribution in [0.25, 0.3) is 0 Å². The van der Waals surface area contributed by atoms with Gasteiger partial charge in [-0.3, -0.25) is 9.59 Å². The van der Waals surface area contributed by atoms with E-state index in [0.29, 0.717) is 27.7 Å². The molecule has 0 bridgehead atoms. The summed E-state index contributed by atoms with van der Waals surface area (Å²) in [5.74, 6) is -0.110. The van der Waals surface area contributed by atoms with Crippen LogP contribution in [0.1, 0.15) is 10.4 Å². The molecule has 0 aliphatic rings. The van der Waals surface area contributed by atoms with Gasteiger partial charge in [0.25, 0.3) is 11.8 Å². The van der Waals surface area contributed by atoms with Gasteiger partial charge in [0.15, 0.2) is 6.61 Å². The molecular weight excluding hydrogens is 364 g/mol. The van der Waals surface area contributed by atoms with Gasteiger partial charge in [-0.2, -0.15) is 0 Å². The van der Waals surface area contributed by atoms with Crippen LogP contribution in [0.2, 0.25) is 5.02 Å². The van der Waals surface area contributed by atoms with Crippen LogP contribution in [0.5, 0.6) is 5.75 Å². The third-order valence-electron chi connectivity index (χ3n) is 3.64. The van der Waals surface area contributed by atoms with Gasteiger partial charge in [-0.15, -0.1) is 0 Å². The van der Waals surface area contributed by atoms with Crippen LogP contribution in [-0.4, -0.2) is 18.4 Å². The van der Waals surface area contributed by atoms with Crippen molar-refractivity contribution in [3.05, 3.63) is 89.4 Å². The number of anilines is 2. The van der Waals surface area contributed by atoms with Crippen LogP contribution in [-0.2, 0) is 4.79 Å². The van der Waals surface area contributed by atoms with E-state index in [2.05, 4.69) is 10.6 Å². The third kappa shape index (κ3) is 5.33. The molecule has 0 saturated heterocycles. The molecule has 27 heavy (non-hydrogen) atoms. The van der Waals surface area contributed by atoms with Gasteiger partial charge in [0.2, 0.25) is 0 Å². The first-order chi connectivity index (χ1) is 13.1. The Hall–Kier alpha value is -3.31. The number of ether oxygens (including phenoxy) is 1. The van der Waals surface area contributed by atoms with Gasteiger partial charge in [-0.05, 0) is 42.5 Å². The van der Waals surface area contributed by atoms with E-state index in [1.165, 1.54) is 0 Å². The minimum absolute atomic E-state index is 0.176. The monoisotopic (exact) mass is 380 g/mol. The molecule has 0 spiro atoms. The molecule has 0 fully saturated rings. The van der Waals surface area contributed by atoms with Crippen molar-refractivity contribution in [2.45, 2.75) is 0 Å². The highest BCUT2D eigenvalue weighted by molar-refractivity contribution is 6.32. The van der Waals surface area contributed by atoms with Gasteiger partial charge in [-0.1, -0.05) is 48.0 Å². The maximum absolute atomic E-state index is 12.2. The van der Waals surface area contributed by atoms with E-state index >= 15 is 0 Å². The minimum atomic E-state index is -0.332. The van der Waals surface area contributed by atoms with Crippen LogP contribution < -0.4 is 15.4 Å². The number of hydrogen-bond donors (Lipinski definition) is 2. The second-order valence-electron chi connectivity index (χ2n) is 5.67. The van der Waals surface area contributed by atoms with E-state index in [0.717, 1.165) is 0 Å². The number of carbonyl (C=O) groups excluding carboxylic acids is 2. The fourth-order valence-corrected chi connectivity index (χ4v) is 2.56. The van der Waals surface area contributed by atoms with Crippen molar-refractivity contribution in [1.29, 1.82) is 0 Å². The molecule has 0 heterocycles. The first-order valence-corrected chi connectivity index (χ1v) is 8.63. The number of carbonyl (C=O) groups is 2. The Morgan fingerprint density at radius 2 is 1.48 bits per heavy atom. The zero-order valence-electron chi connectivity index (χ0n) is 14.3. The first-order valence-electron chi connectivity index (χ1n) is 8.25. The van der Waals surface area contributed by atoms with Gasteiger partial charge in [0.05, 0.1) is 5.02 Å². The molecule has 0 saturated carbocycles. The van der Waals surface area contributed by atoms with Crippen molar-refractivity contribution in [3.63, 3.8) is 0 Å². The summed E-state index contributed by atoms with van der Waals surface area (Å²) in [6, 6.07) is 22.7. The maximum atomic E-state index is 12.2. The number of halogens is 1. The van der Waals surface area contributed by atoms with Crippen LogP contribution >= 0.6 is 11.6 Å². The highest BCUT2D eigenvalue weighted by atomic mass is 35.5. The summed E-state index contributed by atoms with van der Waals surface area (Å²) < 4.78 is 5.41. The van der Waals surface area contributed by atoms with Gasteiger partial charge >= 0.3 is 0 Å². The number of hydrogen-bond acceptors (Lipinski definition) is 3. The fourth-order valence-electron chi connectivity index (χ4n) is 2.37. The third-order valence-corrected chi connectivity index (χ3v) is 3.95. The quantitative estimate of drug-likeness (QED) is 0.656. The summed E-state index contributed by atoms with van der Waals surface area (Å²) in [5.41, 5.74) is 1.68. The Kier molecular flexibility index (Phi) is 6.07. The lowest BCUT2D eigenvalue weighted by Crippen LogP contribution is -2.20. The van der Waals surface area contributed by atoms with Gasteiger partial charge in [0.1, 0.15) is 5.75 Å². The Morgan fingerprint density at radius 1 is 0.815 bits per heavy atom. The fraction of sp³-hybridized carbons (Fsp3) is 0.0476. The summed E-state index contributed by atoms with van der Waals surface area (Å²) >= 11 is 5.99. The summed E-state index contributed by atoms with van der Waals surface area (Å²) in [7, 11) is 0. The van der Waals surface area contributed by atoms with E-state index in [9.17, 15) is 9.59 Å². The summed E-state index contributed by atoms with van der Waals surface area (Å²) in [6.45, 7) is -0.176. The summed E-state index contributed by atoms with van der Waals surface area (Å²) in [6.07, 6.45) is 0. The lowest BCUT2D eigenvalue weighted by Gasteiger charge is -2.10. The molecule has 0 aliphatic heterocycles. The Balaban J connectivity index is 1.58. The molecule has 3 aromatic carbocycles. The molecular formula is C21H17ClN2O3. The molecule has 0 radical (unpaired) electrons. The molecule has 3 rings (SSSR count). The lowest BCUT2D eigenvalue weighted by molar-refractivity contribution is -0.118. The van der Waals surface area contributed by atoms with Crippen molar-refractivity contribution in [3.8, 4) is 5.75 Å². The van der Waals surface area contributed by atoms with Crippen molar-refractivity contribution in [2.24, 2.45) is 0 Å². The average molecular weight is 381 g/mol. The number of para-hydroxylation sites is 1. The molecule has 0 unspecified atom stereocenters. The van der Waals surface area contributed by atoms with E-state index < -0.39 is 0 Å². The zero-order valence-corrected chi connectivity index (χ0v) is 15.1. The van der Waals surface area contributed by atoms with Crippen LogP contribution in [0.4, 0.5) is 11.4 Å². The highest BCUT2D eigenvalue weighted by Crippen LogP contribution is 2.23. The molecule has 6 heteroatoms. The molecule has 2 N–H and O–H groups in total. The lowest BCUT2D eigenvalue weighted by atomic mass is 10.2. The van der Waals surface area contributed by atoms with Gasteiger partial charge in [-0.25, -0.2) is 0 Å². The first kappa shape index (κ1) is 18.5. The maximum Gasteiger partial charge on any atom is 0.262 e. The van der Waals surface area contributed by atoms with Gasteiger partial charge in [0, 0.05) is 16.9 Å². The molecule has 0 aromatic heterocycles. The number of benzene rings is 3. The predicted octanol–water partition coefficient (Wildman–Crippen LogP) is 4.61. The largest absolute Gasteiger partial charge is 0.482 e. The number of nitrogens with one attached hydrogen (secondary N) is 2.